The molecule has 7 nitrogen and oxygen atoms in total. The van der Waals surface area contributed by atoms with E-state index < -0.39 is 12.6 Å². The zero-order chi connectivity index (χ0) is 20.0. The smallest absolute Gasteiger partial charge is 0.349 e. The van der Waals surface area contributed by atoms with Crippen molar-refractivity contribution in [3.05, 3.63) is 28.6 Å². The lowest BCUT2D eigenvalue weighted by atomic mass is 9.86. The van der Waals surface area contributed by atoms with Crippen molar-refractivity contribution in [2.24, 2.45) is 13.0 Å². The summed E-state index contributed by atoms with van der Waals surface area (Å²) in [6.07, 6.45) is 5.63. The topological polar surface area (TPSA) is 108 Å². The Hall–Kier alpha value is -3.06. The quantitative estimate of drug-likeness (QED) is 0.487. The number of ether oxygens (including phenoxy) is 1. The standard InChI is InChI=1S/C20H24N4O3/c1-13-6-4-5-7-18(13)23-19(25)12-27-20(26)16(10-21)8-15-9-17(11-22)24(3)14(15)2/h8-9,13,18H,4-7,12H2,1-3H3,(H,23,25). The number of nitrogens with one attached hydrogen (secondary N) is 1. The van der Waals surface area contributed by atoms with E-state index in [9.17, 15) is 14.9 Å². The van der Waals surface area contributed by atoms with Gasteiger partial charge in [-0.15, -0.1) is 0 Å². The predicted molar refractivity (Wildman–Crippen MR) is 99.0 cm³/mol. The Morgan fingerprint density at radius 2 is 2.07 bits per heavy atom. The van der Waals surface area contributed by atoms with Gasteiger partial charge in [0.1, 0.15) is 23.4 Å². The number of hydrogen-bond donors (Lipinski definition) is 1. The van der Waals surface area contributed by atoms with Crippen molar-refractivity contribution in [1.29, 1.82) is 10.5 Å². The lowest BCUT2D eigenvalue weighted by molar-refractivity contribution is -0.144. The van der Waals surface area contributed by atoms with Gasteiger partial charge in [-0.25, -0.2) is 4.79 Å². The van der Waals surface area contributed by atoms with E-state index in [-0.39, 0.29) is 17.5 Å². The highest BCUT2D eigenvalue weighted by Crippen LogP contribution is 2.23. The van der Waals surface area contributed by atoms with Gasteiger partial charge in [0, 0.05) is 18.8 Å². The summed E-state index contributed by atoms with van der Waals surface area (Å²) in [7, 11) is 1.73. The van der Waals surface area contributed by atoms with Crippen LogP contribution in [0.1, 0.15) is 49.6 Å². The average Bonchev–Trinajstić information content (AvgIpc) is 2.93. The van der Waals surface area contributed by atoms with Crippen LogP contribution < -0.4 is 5.32 Å². The molecule has 1 aromatic rings. The minimum Gasteiger partial charge on any atom is -0.451 e. The molecule has 0 aliphatic heterocycles. The van der Waals surface area contributed by atoms with Crippen LogP contribution in [-0.2, 0) is 21.4 Å². The van der Waals surface area contributed by atoms with Crippen LogP contribution in [0.15, 0.2) is 11.6 Å². The molecule has 2 rings (SSSR count). The Morgan fingerprint density at radius 3 is 2.67 bits per heavy atom. The Labute approximate surface area is 159 Å². The number of carbonyl (C=O) groups is 2. The summed E-state index contributed by atoms with van der Waals surface area (Å²) in [4.78, 5) is 24.2. The van der Waals surface area contributed by atoms with Crippen molar-refractivity contribution in [1.82, 2.24) is 9.88 Å². The number of nitrogens with zero attached hydrogens (tertiary/aromatic N) is 3. The monoisotopic (exact) mass is 368 g/mol. The molecule has 7 heteroatoms. The van der Waals surface area contributed by atoms with E-state index in [0.717, 1.165) is 25.0 Å². The van der Waals surface area contributed by atoms with Crippen LogP contribution in [0.3, 0.4) is 0 Å². The zero-order valence-electron chi connectivity index (χ0n) is 15.9. The van der Waals surface area contributed by atoms with E-state index in [1.807, 2.05) is 6.07 Å². The van der Waals surface area contributed by atoms with E-state index in [4.69, 9.17) is 10.00 Å². The number of amides is 1. The maximum atomic E-state index is 12.1. The first-order valence-electron chi connectivity index (χ1n) is 9.02. The molecule has 0 bridgehead atoms. The number of nitriles is 2. The first-order valence-corrected chi connectivity index (χ1v) is 9.02. The molecule has 0 spiro atoms. The van der Waals surface area contributed by atoms with Crippen LogP contribution in [-0.4, -0.2) is 29.1 Å². The molecule has 0 aromatic carbocycles. The predicted octanol–water partition coefficient (Wildman–Crippen LogP) is 2.35. The first kappa shape index (κ1) is 20.3. The molecule has 0 saturated heterocycles. The molecular weight excluding hydrogens is 344 g/mol. The number of hydrogen-bond acceptors (Lipinski definition) is 5. The molecule has 1 fully saturated rings. The van der Waals surface area contributed by atoms with E-state index in [1.165, 1.54) is 12.5 Å². The Kier molecular flexibility index (Phi) is 6.79. The second kappa shape index (κ2) is 9.05. The van der Waals surface area contributed by atoms with Crippen molar-refractivity contribution < 1.29 is 14.3 Å². The fraction of sp³-hybridized carbons (Fsp3) is 0.500. The maximum absolute atomic E-state index is 12.1. The molecule has 1 N–H and O–H groups in total. The molecule has 1 aliphatic rings. The molecule has 2 unspecified atom stereocenters. The van der Waals surface area contributed by atoms with Crippen LogP contribution in [0.25, 0.3) is 6.08 Å². The van der Waals surface area contributed by atoms with Crippen molar-refractivity contribution in [2.75, 3.05) is 6.61 Å². The van der Waals surface area contributed by atoms with E-state index in [0.29, 0.717) is 17.2 Å². The molecule has 142 valence electrons. The minimum absolute atomic E-state index is 0.104. The van der Waals surface area contributed by atoms with E-state index in [1.54, 1.807) is 30.7 Å². The average molecular weight is 368 g/mol. The highest BCUT2D eigenvalue weighted by Gasteiger charge is 2.23. The van der Waals surface area contributed by atoms with Gasteiger partial charge in [-0.3, -0.25) is 4.79 Å². The SMILES string of the molecule is Cc1c(C=C(C#N)C(=O)OCC(=O)NC2CCCCC2C)cc(C#N)n1C. The van der Waals surface area contributed by atoms with Gasteiger partial charge in [0.15, 0.2) is 6.61 Å². The molecule has 2 atom stereocenters. The van der Waals surface area contributed by atoms with Crippen molar-refractivity contribution in [3.8, 4) is 12.1 Å². The van der Waals surface area contributed by atoms with Gasteiger partial charge in [-0.2, -0.15) is 10.5 Å². The Balaban J connectivity index is 1.98. The maximum Gasteiger partial charge on any atom is 0.349 e. The molecule has 1 aromatic heterocycles. The van der Waals surface area contributed by atoms with Gasteiger partial charge in [-0.05, 0) is 43.4 Å². The first-order chi connectivity index (χ1) is 12.9. The van der Waals surface area contributed by atoms with Gasteiger partial charge in [0.2, 0.25) is 0 Å². The van der Waals surface area contributed by atoms with Gasteiger partial charge in [-0.1, -0.05) is 19.8 Å². The summed E-state index contributed by atoms with van der Waals surface area (Å²) in [6, 6.07) is 5.54. The van der Waals surface area contributed by atoms with Crippen LogP contribution in [0.4, 0.5) is 0 Å². The van der Waals surface area contributed by atoms with Gasteiger partial charge >= 0.3 is 5.97 Å². The van der Waals surface area contributed by atoms with E-state index >= 15 is 0 Å². The van der Waals surface area contributed by atoms with Crippen LogP contribution in [0.5, 0.6) is 0 Å². The largest absolute Gasteiger partial charge is 0.451 e. The highest BCUT2D eigenvalue weighted by atomic mass is 16.5. The molecule has 1 saturated carbocycles. The van der Waals surface area contributed by atoms with Crippen LogP contribution >= 0.6 is 0 Å². The zero-order valence-corrected chi connectivity index (χ0v) is 15.9. The third kappa shape index (κ3) is 4.98. The number of esters is 1. The fourth-order valence-electron chi connectivity index (χ4n) is 3.26. The summed E-state index contributed by atoms with van der Waals surface area (Å²) < 4.78 is 6.67. The summed E-state index contributed by atoms with van der Waals surface area (Å²) in [5, 5.41) is 21.2. The number of aromatic nitrogens is 1. The lowest BCUT2D eigenvalue weighted by Gasteiger charge is -2.29. The van der Waals surface area contributed by atoms with E-state index in [2.05, 4.69) is 12.2 Å². The molecule has 0 radical (unpaired) electrons. The second-order valence-corrected chi connectivity index (χ2v) is 6.92. The summed E-state index contributed by atoms with van der Waals surface area (Å²) >= 11 is 0. The lowest BCUT2D eigenvalue weighted by Crippen LogP contribution is -2.42. The van der Waals surface area contributed by atoms with Crippen molar-refractivity contribution >= 4 is 18.0 Å². The highest BCUT2D eigenvalue weighted by molar-refractivity contribution is 5.99. The number of carbonyl (C=O) groups excluding carboxylic acids is 2. The Bertz CT molecular complexity index is 839. The molecule has 1 heterocycles. The fourth-order valence-corrected chi connectivity index (χ4v) is 3.26. The summed E-state index contributed by atoms with van der Waals surface area (Å²) in [5.41, 5.74) is 1.54. The van der Waals surface area contributed by atoms with Crippen molar-refractivity contribution in [3.63, 3.8) is 0 Å². The molecule has 1 amide bonds. The van der Waals surface area contributed by atoms with Gasteiger partial charge in [0.05, 0.1) is 0 Å². The molecule has 1 aliphatic carbocycles. The van der Waals surface area contributed by atoms with Crippen LogP contribution in [0, 0.1) is 35.5 Å². The van der Waals surface area contributed by atoms with Crippen molar-refractivity contribution in [2.45, 2.75) is 45.6 Å². The minimum atomic E-state index is -0.855. The second-order valence-electron chi connectivity index (χ2n) is 6.92. The Morgan fingerprint density at radius 1 is 1.37 bits per heavy atom. The molecular formula is C20H24N4O3. The summed E-state index contributed by atoms with van der Waals surface area (Å²) in [6.45, 7) is 3.47. The number of rotatable bonds is 5. The van der Waals surface area contributed by atoms with Gasteiger partial charge in [0.25, 0.3) is 5.91 Å². The molecule has 27 heavy (non-hydrogen) atoms. The normalized spacial score (nSPS) is 19.7. The third-order valence-electron chi connectivity index (χ3n) is 5.12. The third-order valence-corrected chi connectivity index (χ3v) is 5.12. The van der Waals surface area contributed by atoms with Gasteiger partial charge < -0.3 is 14.6 Å². The summed E-state index contributed by atoms with van der Waals surface area (Å²) in [5.74, 6) is -0.809. The van der Waals surface area contributed by atoms with Crippen LogP contribution in [0.2, 0.25) is 0 Å².